The Balaban J connectivity index is 2.74. The molecule has 6 nitrogen and oxygen atoms in total. The molecule has 0 saturated heterocycles. The van der Waals surface area contributed by atoms with Gasteiger partial charge in [-0.2, -0.15) is 0 Å². The van der Waals surface area contributed by atoms with E-state index in [-0.39, 0.29) is 23.2 Å². The molecular formula is C11H18N2O4S. The zero-order valence-electron chi connectivity index (χ0n) is 10.4. The number of nitrogens with one attached hydrogen (secondary N) is 1. The number of benzene rings is 1. The van der Waals surface area contributed by atoms with E-state index >= 15 is 0 Å². The first-order chi connectivity index (χ1) is 8.51. The second kappa shape index (κ2) is 6.69. The zero-order chi connectivity index (χ0) is 13.6. The van der Waals surface area contributed by atoms with E-state index in [9.17, 15) is 8.42 Å². The minimum Gasteiger partial charge on any atom is -0.398 e. The van der Waals surface area contributed by atoms with Crippen LogP contribution in [-0.4, -0.2) is 41.9 Å². The number of hydrogen-bond acceptors (Lipinski definition) is 5. The Morgan fingerprint density at radius 2 is 2.00 bits per heavy atom. The SMILES string of the molecule is COCC(CNS(=O)(=O)c1ccccc1N)OC. The molecule has 18 heavy (non-hydrogen) atoms. The van der Waals surface area contributed by atoms with Gasteiger partial charge in [0.15, 0.2) is 0 Å². The second-order valence-electron chi connectivity index (χ2n) is 3.70. The van der Waals surface area contributed by atoms with Crippen LogP contribution in [0.4, 0.5) is 5.69 Å². The smallest absolute Gasteiger partial charge is 0.242 e. The lowest BCUT2D eigenvalue weighted by Gasteiger charge is -2.15. The molecule has 0 amide bonds. The molecule has 0 heterocycles. The molecule has 1 aromatic carbocycles. The molecule has 0 aliphatic carbocycles. The Hall–Kier alpha value is -1.15. The topological polar surface area (TPSA) is 90.7 Å². The molecule has 102 valence electrons. The Kier molecular flexibility index (Phi) is 5.54. The summed E-state index contributed by atoms with van der Waals surface area (Å²) < 4.78 is 36.4. The van der Waals surface area contributed by atoms with E-state index in [1.54, 1.807) is 12.1 Å². The molecule has 7 heteroatoms. The van der Waals surface area contributed by atoms with Crippen LogP contribution in [0.3, 0.4) is 0 Å². The molecule has 1 rings (SSSR count). The van der Waals surface area contributed by atoms with Gasteiger partial charge in [-0.25, -0.2) is 13.1 Å². The van der Waals surface area contributed by atoms with Crippen LogP contribution in [0.5, 0.6) is 0 Å². The Labute approximate surface area is 107 Å². The summed E-state index contributed by atoms with van der Waals surface area (Å²) in [5.74, 6) is 0. The Morgan fingerprint density at radius 3 is 2.56 bits per heavy atom. The van der Waals surface area contributed by atoms with Crippen molar-refractivity contribution < 1.29 is 17.9 Å². The fourth-order valence-corrected chi connectivity index (χ4v) is 2.60. The maximum Gasteiger partial charge on any atom is 0.242 e. The van der Waals surface area contributed by atoms with Gasteiger partial charge in [0.2, 0.25) is 10.0 Å². The number of anilines is 1. The third-order valence-electron chi connectivity index (χ3n) is 2.40. The summed E-state index contributed by atoms with van der Waals surface area (Å²) >= 11 is 0. The molecule has 0 saturated carbocycles. The highest BCUT2D eigenvalue weighted by atomic mass is 32.2. The molecule has 0 radical (unpaired) electrons. The third kappa shape index (κ3) is 3.95. The predicted octanol–water partition coefficient (Wildman–Crippen LogP) is 0.208. The minimum absolute atomic E-state index is 0.0669. The summed E-state index contributed by atoms with van der Waals surface area (Å²) in [5, 5.41) is 0. The second-order valence-corrected chi connectivity index (χ2v) is 5.44. The molecule has 1 aromatic rings. The van der Waals surface area contributed by atoms with E-state index in [2.05, 4.69) is 4.72 Å². The first kappa shape index (κ1) is 14.9. The van der Waals surface area contributed by atoms with E-state index in [0.29, 0.717) is 6.61 Å². The van der Waals surface area contributed by atoms with Crippen LogP contribution in [0.25, 0.3) is 0 Å². The monoisotopic (exact) mass is 274 g/mol. The Bertz CT molecular complexity index is 476. The molecule has 0 aliphatic rings. The van der Waals surface area contributed by atoms with Crippen molar-refractivity contribution in [1.29, 1.82) is 0 Å². The minimum atomic E-state index is -3.62. The Morgan fingerprint density at radius 1 is 1.33 bits per heavy atom. The maximum atomic E-state index is 12.0. The van der Waals surface area contributed by atoms with Crippen LogP contribution in [-0.2, 0) is 19.5 Å². The summed E-state index contributed by atoms with van der Waals surface area (Å²) in [4.78, 5) is 0.0669. The van der Waals surface area contributed by atoms with E-state index < -0.39 is 10.0 Å². The van der Waals surface area contributed by atoms with Crippen molar-refractivity contribution in [2.45, 2.75) is 11.0 Å². The first-order valence-corrected chi connectivity index (χ1v) is 6.85. The fraction of sp³-hybridized carbons (Fsp3) is 0.455. The van der Waals surface area contributed by atoms with Crippen molar-refractivity contribution >= 4 is 15.7 Å². The highest BCUT2D eigenvalue weighted by molar-refractivity contribution is 7.89. The van der Waals surface area contributed by atoms with Crippen LogP contribution < -0.4 is 10.5 Å². The van der Waals surface area contributed by atoms with Crippen molar-refractivity contribution in [3.05, 3.63) is 24.3 Å². The van der Waals surface area contributed by atoms with Crippen LogP contribution >= 0.6 is 0 Å². The number of ether oxygens (including phenoxy) is 2. The summed E-state index contributed by atoms with van der Waals surface area (Å²) in [6.07, 6.45) is -0.338. The lowest BCUT2D eigenvalue weighted by molar-refractivity contribution is 0.0320. The molecule has 0 fully saturated rings. The third-order valence-corrected chi connectivity index (χ3v) is 3.89. The van der Waals surface area contributed by atoms with E-state index in [1.807, 2.05) is 0 Å². The maximum absolute atomic E-state index is 12.0. The van der Waals surface area contributed by atoms with E-state index in [1.165, 1.54) is 26.4 Å². The number of nitrogen functional groups attached to an aromatic ring is 1. The lowest BCUT2D eigenvalue weighted by atomic mass is 10.3. The average Bonchev–Trinajstić information content (AvgIpc) is 2.34. The van der Waals surface area contributed by atoms with Gasteiger partial charge in [-0.15, -0.1) is 0 Å². The highest BCUT2D eigenvalue weighted by Crippen LogP contribution is 2.16. The van der Waals surface area contributed by atoms with Crippen LogP contribution in [0.1, 0.15) is 0 Å². The van der Waals surface area contributed by atoms with Crippen LogP contribution in [0, 0.1) is 0 Å². The average molecular weight is 274 g/mol. The fourth-order valence-electron chi connectivity index (χ4n) is 1.40. The number of rotatable bonds is 7. The van der Waals surface area contributed by atoms with Gasteiger partial charge in [0.25, 0.3) is 0 Å². The molecule has 0 aromatic heterocycles. The van der Waals surface area contributed by atoms with Gasteiger partial charge in [0.05, 0.1) is 18.4 Å². The summed E-state index contributed by atoms with van der Waals surface area (Å²) in [5.41, 5.74) is 5.84. The number of nitrogens with two attached hydrogens (primary N) is 1. The first-order valence-electron chi connectivity index (χ1n) is 5.37. The summed E-state index contributed by atoms with van der Waals surface area (Å²) in [6.45, 7) is 0.435. The lowest BCUT2D eigenvalue weighted by Crippen LogP contribution is -2.35. The van der Waals surface area contributed by atoms with Crippen molar-refractivity contribution in [3.8, 4) is 0 Å². The number of para-hydroxylation sites is 1. The van der Waals surface area contributed by atoms with Crippen molar-refractivity contribution in [3.63, 3.8) is 0 Å². The van der Waals surface area contributed by atoms with Gasteiger partial charge in [-0.05, 0) is 12.1 Å². The summed E-state index contributed by atoms with van der Waals surface area (Å²) in [7, 11) is -0.607. The molecule has 1 unspecified atom stereocenters. The number of hydrogen-bond donors (Lipinski definition) is 2. The van der Waals surface area contributed by atoms with Crippen LogP contribution in [0.15, 0.2) is 29.2 Å². The predicted molar refractivity (Wildman–Crippen MR) is 68.7 cm³/mol. The standard InChI is InChI=1S/C11H18N2O4S/c1-16-8-9(17-2)7-13-18(14,15)11-6-4-3-5-10(11)12/h3-6,9,13H,7-8,12H2,1-2H3. The molecule has 0 spiro atoms. The van der Waals surface area contributed by atoms with Gasteiger partial charge in [-0.3, -0.25) is 0 Å². The molecule has 0 bridgehead atoms. The molecule has 3 N–H and O–H groups in total. The van der Waals surface area contributed by atoms with Crippen molar-refractivity contribution in [2.24, 2.45) is 0 Å². The molecule has 0 aliphatic heterocycles. The highest BCUT2D eigenvalue weighted by Gasteiger charge is 2.18. The quantitative estimate of drug-likeness (QED) is 0.694. The van der Waals surface area contributed by atoms with Gasteiger partial charge in [0.1, 0.15) is 4.90 Å². The number of sulfonamides is 1. The van der Waals surface area contributed by atoms with Gasteiger partial charge in [-0.1, -0.05) is 12.1 Å². The van der Waals surface area contributed by atoms with E-state index in [4.69, 9.17) is 15.2 Å². The number of methoxy groups -OCH3 is 2. The van der Waals surface area contributed by atoms with Crippen molar-refractivity contribution in [1.82, 2.24) is 4.72 Å². The molecule has 1 atom stereocenters. The van der Waals surface area contributed by atoms with E-state index in [0.717, 1.165) is 0 Å². The molecular weight excluding hydrogens is 256 g/mol. The van der Waals surface area contributed by atoms with Crippen LogP contribution in [0.2, 0.25) is 0 Å². The summed E-state index contributed by atoms with van der Waals surface area (Å²) in [6, 6.07) is 6.29. The van der Waals surface area contributed by atoms with Gasteiger partial charge < -0.3 is 15.2 Å². The zero-order valence-corrected chi connectivity index (χ0v) is 11.2. The normalized spacial score (nSPS) is 13.4. The van der Waals surface area contributed by atoms with Crippen molar-refractivity contribution in [2.75, 3.05) is 33.1 Å². The largest absolute Gasteiger partial charge is 0.398 e. The van der Waals surface area contributed by atoms with Gasteiger partial charge >= 0.3 is 0 Å². The van der Waals surface area contributed by atoms with Gasteiger partial charge in [0, 0.05) is 20.8 Å².